The first-order valence-corrected chi connectivity index (χ1v) is 5.67. The summed E-state index contributed by atoms with van der Waals surface area (Å²) in [5, 5.41) is 3.70. The van der Waals surface area contributed by atoms with E-state index in [1.54, 1.807) is 0 Å². The number of aromatic nitrogens is 2. The number of hydrogen-bond acceptors (Lipinski definition) is 4. The maximum absolute atomic E-state index is 11.3. The maximum Gasteiger partial charge on any atom is 0.475 e. The van der Waals surface area contributed by atoms with Gasteiger partial charge < -0.3 is 4.84 Å². The van der Waals surface area contributed by atoms with E-state index in [2.05, 4.69) is 30.5 Å². The van der Waals surface area contributed by atoms with E-state index in [-0.39, 0.29) is 5.41 Å². The van der Waals surface area contributed by atoms with Gasteiger partial charge in [0, 0.05) is 5.56 Å². The molecule has 0 aliphatic heterocycles. The van der Waals surface area contributed by atoms with Crippen LogP contribution in [0.4, 0.5) is 0 Å². The van der Waals surface area contributed by atoms with Crippen molar-refractivity contribution in [2.45, 2.75) is 26.2 Å². The smallest absolute Gasteiger partial charge is 0.409 e. The molecule has 1 aromatic carbocycles. The first kappa shape index (κ1) is 12.4. The lowest BCUT2D eigenvalue weighted by Gasteiger charge is -2.18. The van der Waals surface area contributed by atoms with Crippen molar-refractivity contribution in [2.24, 2.45) is 0 Å². The molecule has 5 nitrogen and oxygen atoms in total. The number of nitrogens with zero attached hydrogens (tertiary/aromatic N) is 2. The van der Waals surface area contributed by atoms with Crippen LogP contribution in [0, 0.1) is 0 Å². The molecular formula is C13H16N2O3. The Balaban J connectivity index is 2.44. The summed E-state index contributed by atoms with van der Waals surface area (Å²) in [5.74, 6) is -0.268. The third kappa shape index (κ3) is 2.16. The molecule has 18 heavy (non-hydrogen) atoms. The first-order chi connectivity index (χ1) is 8.43. The molecule has 0 amide bonds. The van der Waals surface area contributed by atoms with Crippen molar-refractivity contribution < 1.29 is 9.36 Å². The topological polar surface area (TPSA) is 57.3 Å². The van der Waals surface area contributed by atoms with Gasteiger partial charge in [0.05, 0.1) is 0 Å². The molecule has 0 aliphatic rings. The van der Waals surface area contributed by atoms with Crippen molar-refractivity contribution in [3.8, 4) is 11.4 Å². The van der Waals surface area contributed by atoms with Gasteiger partial charge in [-0.15, -0.1) is 0 Å². The zero-order valence-electron chi connectivity index (χ0n) is 10.9. The lowest BCUT2D eigenvalue weighted by Crippen LogP contribution is -2.20. The van der Waals surface area contributed by atoms with Crippen LogP contribution in [0.15, 0.2) is 33.6 Å². The normalized spacial score (nSPS) is 11.6. The second-order valence-corrected chi connectivity index (χ2v) is 5.08. The highest BCUT2D eigenvalue weighted by Crippen LogP contribution is 2.24. The summed E-state index contributed by atoms with van der Waals surface area (Å²) in [6, 6.07) is 7.81. The van der Waals surface area contributed by atoms with Crippen LogP contribution in [0.1, 0.15) is 26.3 Å². The van der Waals surface area contributed by atoms with Crippen molar-refractivity contribution in [3.63, 3.8) is 0 Å². The van der Waals surface area contributed by atoms with Gasteiger partial charge in [0.2, 0.25) is 5.82 Å². The van der Waals surface area contributed by atoms with E-state index in [9.17, 15) is 4.79 Å². The number of hydrogen-bond donors (Lipinski definition) is 0. The molecule has 0 spiro atoms. The Bertz CT molecular complexity index is 588. The maximum atomic E-state index is 11.3. The molecule has 0 aliphatic carbocycles. The number of rotatable bonds is 2. The molecule has 1 aromatic heterocycles. The van der Waals surface area contributed by atoms with E-state index in [1.165, 1.54) is 12.7 Å². The Morgan fingerprint density at radius 2 is 1.83 bits per heavy atom. The molecule has 0 fully saturated rings. The minimum absolute atomic E-state index is 0.0866. The largest absolute Gasteiger partial charge is 0.475 e. The fourth-order valence-electron chi connectivity index (χ4n) is 1.69. The zero-order valence-corrected chi connectivity index (χ0v) is 10.9. The predicted octanol–water partition coefficient (Wildman–Crippen LogP) is 1.86. The average molecular weight is 248 g/mol. The lowest BCUT2D eigenvalue weighted by atomic mass is 9.87. The number of benzene rings is 1. The highest BCUT2D eigenvalue weighted by Gasteiger charge is 2.16. The van der Waals surface area contributed by atoms with Crippen LogP contribution < -0.4 is 10.6 Å². The molecule has 1 heterocycles. The average Bonchev–Trinajstić information content (AvgIpc) is 2.69. The summed E-state index contributed by atoms with van der Waals surface area (Å²) >= 11 is 0. The Labute approximate surface area is 105 Å². The minimum Gasteiger partial charge on any atom is -0.409 e. The summed E-state index contributed by atoms with van der Waals surface area (Å²) < 4.78 is 5.59. The fraction of sp³-hybridized carbons (Fsp3) is 0.385. The molecule has 2 rings (SSSR count). The molecule has 96 valence electrons. The van der Waals surface area contributed by atoms with Crippen LogP contribution in [0.5, 0.6) is 0 Å². The van der Waals surface area contributed by atoms with Crippen LogP contribution in [0.2, 0.25) is 0 Å². The van der Waals surface area contributed by atoms with Gasteiger partial charge in [0.1, 0.15) is 7.11 Å². The quantitative estimate of drug-likeness (QED) is 0.814. The standard InChI is InChI=1S/C13H16N2O3/c1-13(2,3)10-7-5-9(6-8-10)11-14-18-12(16)15(11)17-4/h5-8H,1-4H3. The molecule has 0 bridgehead atoms. The van der Waals surface area contributed by atoms with Gasteiger partial charge in [-0.25, -0.2) is 4.79 Å². The van der Waals surface area contributed by atoms with Crippen molar-refractivity contribution in [1.82, 2.24) is 9.89 Å². The predicted molar refractivity (Wildman–Crippen MR) is 67.4 cm³/mol. The van der Waals surface area contributed by atoms with Crippen LogP contribution in [0.3, 0.4) is 0 Å². The summed E-state index contributed by atoms with van der Waals surface area (Å²) in [6.45, 7) is 6.43. The Morgan fingerprint density at radius 1 is 1.22 bits per heavy atom. The van der Waals surface area contributed by atoms with Gasteiger partial charge in [-0.2, -0.15) is 0 Å². The Morgan fingerprint density at radius 3 is 2.33 bits per heavy atom. The van der Waals surface area contributed by atoms with Crippen LogP contribution in [-0.4, -0.2) is 17.0 Å². The highest BCUT2D eigenvalue weighted by atomic mass is 16.7. The molecule has 5 heteroatoms. The van der Waals surface area contributed by atoms with Gasteiger partial charge in [-0.05, 0) is 11.0 Å². The van der Waals surface area contributed by atoms with E-state index >= 15 is 0 Å². The first-order valence-electron chi connectivity index (χ1n) is 5.67. The van der Waals surface area contributed by atoms with E-state index in [1.807, 2.05) is 24.3 Å². The molecule has 0 unspecified atom stereocenters. The van der Waals surface area contributed by atoms with Crippen molar-refractivity contribution in [2.75, 3.05) is 7.11 Å². The monoisotopic (exact) mass is 248 g/mol. The summed E-state index contributed by atoms with van der Waals surface area (Å²) in [6.07, 6.45) is 0. The summed E-state index contributed by atoms with van der Waals surface area (Å²) in [7, 11) is 1.39. The van der Waals surface area contributed by atoms with Crippen molar-refractivity contribution in [3.05, 3.63) is 40.4 Å². The van der Waals surface area contributed by atoms with E-state index in [4.69, 9.17) is 4.84 Å². The molecule has 0 radical (unpaired) electrons. The highest BCUT2D eigenvalue weighted by molar-refractivity contribution is 5.55. The third-order valence-electron chi connectivity index (χ3n) is 2.76. The Hall–Kier alpha value is -2.04. The molecule has 2 aromatic rings. The molecule has 0 saturated carbocycles. The van der Waals surface area contributed by atoms with E-state index in [0.717, 1.165) is 10.3 Å². The van der Waals surface area contributed by atoms with E-state index < -0.39 is 5.76 Å². The van der Waals surface area contributed by atoms with Crippen molar-refractivity contribution in [1.29, 1.82) is 0 Å². The molecule has 0 atom stereocenters. The van der Waals surface area contributed by atoms with Crippen LogP contribution >= 0.6 is 0 Å². The summed E-state index contributed by atoms with van der Waals surface area (Å²) in [5.41, 5.74) is 2.07. The van der Waals surface area contributed by atoms with Gasteiger partial charge >= 0.3 is 5.76 Å². The molecule has 0 saturated heterocycles. The lowest BCUT2D eigenvalue weighted by molar-refractivity contribution is 0.148. The van der Waals surface area contributed by atoms with Crippen LogP contribution in [-0.2, 0) is 5.41 Å². The van der Waals surface area contributed by atoms with Crippen molar-refractivity contribution >= 4 is 0 Å². The van der Waals surface area contributed by atoms with Gasteiger partial charge in [-0.3, -0.25) is 4.52 Å². The van der Waals surface area contributed by atoms with Gasteiger partial charge in [0.25, 0.3) is 0 Å². The third-order valence-corrected chi connectivity index (χ3v) is 2.76. The fourth-order valence-corrected chi connectivity index (χ4v) is 1.69. The molecule has 0 N–H and O–H groups in total. The Kier molecular flexibility index (Phi) is 2.98. The van der Waals surface area contributed by atoms with Crippen LogP contribution in [0.25, 0.3) is 11.4 Å². The van der Waals surface area contributed by atoms with E-state index in [0.29, 0.717) is 5.82 Å². The second-order valence-electron chi connectivity index (χ2n) is 5.08. The second kappa shape index (κ2) is 4.33. The minimum atomic E-state index is -0.632. The zero-order chi connectivity index (χ0) is 13.3. The van der Waals surface area contributed by atoms with Gasteiger partial charge in [-0.1, -0.05) is 54.9 Å². The van der Waals surface area contributed by atoms with Gasteiger partial charge in [0.15, 0.2) is 0 Å². The SMILES string of the molecule is COn1c(-c2ccc(C(C)(C)C)cc2)noc1=O. The summed E-state index contributed by atoms with van der Waals surface area (Å²) in [4.78, 5) is 16.2. The molecular weight excluding hydrogens is 232 g/mol.